The lowest BCUT2D eigenvalue weighted by Gasteiger charge is -2.35. The van der Waals surface area contributed by atoms with Crippen LogP contribution < -0.4 is 5.73 Å². The largest absolute Gasteiger partial charge is 0.339 e. The van der Waals surface area contributed by atoms with Gasteiger partial charge in [-0.1, -0.05) is 19.8 Å². The average molecular weight is 293 g/mol. The maximum atomic E-state index is 12.2. The van der Waals surface area contributed by atoms with Crippen molar-refractivity contribution in [2.45, 2.75) is 38.8 Å². The molecule has 1 aromatic heterocycles. The summed E-state index contributed by atoms with van der Waals surface area (Å²) in [5.41, 5.74) is 5.98. The molecule has 21 heavy (non-hydrogen) atoms. The Morgan fingerprint density at radius 3 is 2.67 bits per heavy atom. The predicted molar refractivity (Wildman–Crippen MR) is 82.6 cm³/mol. The summed E-state index contributed by atoms with van der Waals surface area (Å²) in [6, 6.07) is -0.328. The molecule has 1 aromatic rings. The molecular formula is C15H27N5O. The van der Waals surface area contributed by atoms with Crippen molar-refractivity contribution in [3.8, 4) is 0 Å². The van der Waals surface area contributed by atoms with Crippen LogP contribution in [0.3, 0.4) is 0 Å². The van der Waals surface area contributed by atoms with Crippen LogP contribution in [0.5, 0.6) is 0 Å². The molecule has 2 heterocycles. The van der Waals surface area contributed by atoms with E-state index in [9.17, 15) is 4.79 Å². The lowest BCUT2D eigenvalue weighted by Crippen LogP contribution is -2.53. The van der Waals surface area contributed by atoms with Crippen molar-refractivity contribution in [2.24, 2.45) is 12.8 Å². The fourth-order valence-corrected chi connectivity index (χ4v) is 2.66. The van der Waals surface area contributed by atoms with E-state index in [1.54, 1.807) is 0 Å². The van der Waals surface area contributed by atoms with Gasteiger partial charge in [0.1, 0.15) is 5.82 Å². The summed E-state index contributed by atoms with van der Waals surface area (Å²) in [6.45, 7) is 6.27. The number of carbonyl (C=O) groups excluding carboxylic acids is 1. The Hall–Kier alpha value is -1.40. The Balaban J connectivity index is 1.77. The van der Waals surface area contributed by atoms with E-state index < -0.39 is 0 Å². The molecule has 1 saturated heterocycles. The highest BCUT2D eigenvalue weighted by Crippen LogP contribution is 2.09. The van der Waals surface area contributed by atoms with E-state index in [1.165, 1.54) is 0 Å². The minimum Gasteiger partial charge on any atom is -0.339 e. The molecule has 6 heteroatoms. The lowest BCUT2D eigenvalue weighted by molar-refractivity contribution is -0.134. The molecule has 6 nitrogen and oxygen atoms in total. The Morgan fingerprint density at radius 1 is 1.38 bits per heavy atom. The maximum absolute atomic E-state index is 12.2. The van der Waals surface area contributed by atoms with E-state index in [2.05, 4.69) is 16.8 Å². The summed E-state index contributed by atoms with van der Waals surface area (Å²) in [6.07, 6.45) is 6.68. The fourth-order valence-electron chi connectivity index (χ4n) is 2.66. The first-order valence-corrected chi connectivity index (χ1v) is 7.84. The quantitative estimate of drug-likeness (QED) is 0.833. The van der Waals surface area contributed by atoms with Gasteiger partial charge in [0.05, 0.1) is 12.6 Å². The van der Waals surface area contributed by atoms with Crippen LogP contribution in [0, 0.1) is 0 Å². The normalized spacial score (nSPS) is 18.0. The van der Waals surface area contributed by atoms with Crippen molar-refractivity contribution < 1.29 is 4.79 Å². The van der Waals surface area contributed by atoms with Crippen molar-refractivity contribution in [1.82, 2.24) is 19.4 Å². The van der Waals surface area contributed by atoms with Crippen molar-refractivity contribution in [3.63, 3.8) is 0 Å². The summed E-state index contributed by atoms with van der Waals surface area (Å²) < 4.78 is 2.04. The molecule has 118 valence electrons. The smallest absolute Gasteiger partial charge is 0.239 e. The third-order valence-electron chi connectivity index (χ3n) is 4.16. The zero-order valence-corrected chi connectivity index (χ0v) is 13.2. The Bertz CT molecular complexity index is 451. The van der Waals surface area contributed by atoms with E-state index in [0.717, 1.165) is 57.8 Å². The van der Waals surface area contributed by atoms with Gasteiger partial charge in [-0.25, -0.2) is 4.98 Å². The molecule has 1 amide bonds. The van der Waals surface area contributed by atoms with E-state index in [0.29, 0.717) is 0 Å². The monoisotopic (exact) mass is 293 g/mol. The molecule has 1 aliphatic rings. The summed E-state index contributed by atoms with van der Waals surface area (Å²) in [7, 11) is 2.01. The molecule has 0 radical (unpaired) electrons. The molecule has 2 rings (SSSR count). The van der Waals surface area contributed by atoms with E-state index >= 15 is 0 Å². The van der Waals surface area contributed by atoms with Crippen molar-refractivity contribution in [1.29, 1.82) is 0 Å². The molecule has 1 atom stereocenters. The first-order valence-electron chi connectivity index (χ1n) is 7.84. The van der Waals surface area contributed by atoms with Gasteiger partial charge in [-0.15, -0.1) is 0 Å². The molecule has 0 bridgehead atoms. The number of imidazole rings is 1. The van der Waals surface area contributed by atoms with Crippen LogP contribution in [0.25, 0.3) is 0 Å². The summed E-state index contributed by atoms with van der Waals surface area (Å²) in [5.74, 6) is 1.18. The first kappa shape index (κ1) is 16.0. The molecule has 2 N–H and O–H groups in total. The van der Waals surface area contributed by atoms with Gasteiger partial charge >= 0.3 is 0 Å². The van der Waals surface area contributed by atoms with Gasteiger partial charge in [-0.05, 0) is 6.42 Å². The Morgan fingerprint density at radius 2 is 2.10 bits per heavy atom. The highest BCUT2D eigenvalue weighted by molar-refractivity contribution is 5.81. The number of piperazine rings is 1. The van der Waals surface area contributed by atoms with Gasteiger partial charge in [0.2, 0.25) is 5.91 Å². The second-order valence-corrected chi connectivity index (χ2v) is 5.80. The number of aryl methyl sites for hydroxylation is 1. The van der Waals surface area contributed by atoms with Crippen molar-refractivity contribution in [3.05, 3.63) is 18.2 Å². The number of amides is 1. The zero-order valence-electron chi connectivity index (χ0n) is 13.2. The average Bonchev–Trinajstić information content (AvgIpc) is 2.90. The first-order chi connectivity index (χ1) is 10.1. The minimum atomic E-state index is -0.328. The van der Waals surface area contributed by atoms with Crippen LogP contribution in [0.15, 0.2) is 12.4 Å². The number of nitrogens with zero attached hydrogens (tertiary/aromatic N) is 4. The van der Waals surface area contributed by atoms with Crippen LogP contribution in [0.4, 0.5) is 0 Å². The fraction of sp³-hybridized carbons (Fsp3) is 0.733. The second kappa shape index (κ2) is 7.56. The van der Waals surface area contributed by atoms with Gasteiger partial charge in [-0.3, -0.25) is 9.69 Å². The molecular weight excluding hydrogens is 266 g/mol. The number of carbonyl (C=O) groups is 1. The third kappa shape index (κ3) is 4.28. The minimum absolute atomic E-state index is 0.111. The standard InChI is InChI=1S/C15H27N5O/c1-3-4-5-13(16)15(21)20-10-8-19(9-11-20)12-14-17-6-7-18(14)2/h6-7,13H,3-5,8-12,16H2,1-2H3/t13-/m0/s1. The zero-order chi connectivity index (χ0) is 15.2. The van der Waals surface area contributed by atoms with E-state index in [4.69, 9.17) is 5.73 Å². The number of unbranched alkanes of at least 4 members (excludes halogenated alkanes) is 1. The summed E-state index contributed by atoms with van der Waals surface area (Å²) >= 11 is 0. The van der Waals surface area contributed by atoms with Crippen LogP contribution in [0.1, 0.15) is 32.0 Å². The highest BCUT2D eigenvalue weighted by atomic mass is 16.2. The Kier molecular flexibility index (Phi) is 5.76. The molecule has 0 aliphatic carbocycles. The second-order valence-electron chi connectivity index (χ2n) is 5.80. The van der Waals surface area contributed by atoms with Crippen molar-refractivity contribution in [2.75, 3.05) is 26.2 Å². The van der Waals surface area contributed by atoms with E-state index in [-0.39, 0.29) is 11.9 Å². The van der Waals surface area contributed by atoms with Crippen LogP contribution >= 0.6 is 0 Å². The van der Waals surface area contributed by atoms with Gasteiger partial charge in [0.15, 0.2) is 0 Å². The van der Waals surface area contributed by atoms with Gasteiger partial charge in [0, 0.05) is 45.6 Å². The molecule has 1 fully saturated rings. The van der Waals surface area contributed by atoms with E-state index in [1.807, 2.05) is 28.9 Å². The van der Waals surface area contributed by atoms with Crippen LogP contribution in [-0.2, 0) is 18.4 Å². The van der Waals surface area contributed by atoms with Crippen LogP contribution in [-0.4, -0.2) is 57.5 Å². The van der Waals surface area contributed by atoms with Gasteiger partial charge < -0.3 is 15.2 Å². The maximum Gasteiger partial charge on any atom is 0.239 e. The number of hydrogen-bond donors (Lipinski definition) is 1. The SMILES string of the molecule is CCCC[C@H](N)C(=O)N1CCN(Cc2nccn2C)CC1. The molecule has 0 spiro atoms. The molecule has 0 aromatic carbocycles. The van der Waals surface area contributed by atoms with Gasteiger partial charge in [-0.2, -0.15) is 0 Å². The highest BCUT2D eigenvalue weighted by Gasteiger charge is 2.25. The van der Waals surface area contributed by atoms with Crippen LogP contribution in [0.2, 0.25) is 0 Å². The number of aromatic nitrogens is 2. The number of rotatable bonds is 6. The predicted octanol–water partition coefficient (Wildman–Crippen LogP) is 0.582. The Labute approximate surface area is 126 Å². The lowest BCUT2D eigenvalue weighted by atomic mass is 10.1. The third-order valence-corrected chi connectivity index (χ3v) is 4.16. The number of nitrogens with two attached hydrogens (primary N) is 1. The summed E-state index contributed by atoms with van der Waals surface area (Å²) in [4.78, 5) is 20.8. The molecule has 1 aliphatic heterocycles. The molecule has 0 saturated carbocycles. The molecule has 0 unspecified atom stereocenters. The number of hydrogen-bond acceptors (Lipinski definition) is 4. The topological polar surface area (TPSA) is 67.4 Å². The summed E-state index contributed by atoms with van der Waals surface area (Å²) in [5, 5.41) is 0. The van der Waals surface area contributed by atoms with Crippen molar-refractivity contribution >= 4 is 5.91 Å². The van der Waals surface area contributed by atoms with Gasteiger partial charge in [0.25, 0.3) is 0 Å².